The van der Waals surface area contributed by atoms with Gasteiger partial charge in [0.05, 0.1) is 11.3 Å². The highest BCUT2D eigenvalue weighted by molar-refractivity contribution is 6.01. The van der Waals surface area contributed by atoms with Crippen LogP contribution in [0.25, 0.3) is 0 Å². The Bertz CT molecular complexity index is 572. The van der Waals surface area contributed by atoms with Crippen LogP contribution in [0.4, 0.5) is 10.1 Å². The van der Waals surface area contributed by atoms with Crippen LogP contribution in [-0.2, 0) is 4.79 Å². The van der Waals surface area contributed by atoms with Gasteiger partial charge in [-0.05, 0) is 49.3 Å². The zero-order valence-corrected chi connectivity index (χ0v) is 10.9. The van der Waals surface area contributed by atoms with Crippen molar-refractivity contribution in [2.24, 2.45) is 17.8 Å². The van der Waals surface area contributed by atoms with Gasteiger partial charge in [0.2, 0.25) is 5.91 Å². The fourth-order valence-corrected chi connectivity index (χ4v) is 3.59. The molecule has 1 amide bonds. The number of halogens is 1. The number of amides is 1. The molecule has 106 valence electrons. The molecule has 0 saturated heterocycles. The Hall–Kier alpha value is -1.91. The van der Waals surface area contributed by atoms with Crippen LogP contribution in [0.3, 0.4) is 0 Å². The second-order valence-electron chi connectivity index (χ2n) is 5.77. The van der Waals surface area contributed by atoms with Crippen LogP contribution in [0, 0.1) is 23.6 Å². The Labute approximate surface area is 116 Å². The van der Waals surface area contributed by atoms with E-state index in [0.717, 1.165) is 31.4 Å². The quantitative estimate of drug-likeness (QED) is 0.892. The summed E-state index contributed by atoms with van der Waals surface area (Å²) in [5.74, 6) is -0.962. The SMILES string of the molecule is O=C(O)c1cc(F)ccc1NC(=O)C1CC2CCC1C2. The minimum atomic E-state index is -1.24. The summed E-state index contributed by atoms with van der Waals surface area (Å²) in [5, 5.41) is 11.7. The van der Waals surface area contributed by atoms with Crippen molar-refractivity contribution in [3.05, 3.63) is 29.6 Å². The Balaban J connectivity index is 1.78. The van der Waals surface area contributed by atoms with Gasteiger partial charge in [-0.2, -0.15) is 0 Å². The van der Waals surface area contributed by atoms with Crippen LogP contribution in [0.5, 0.6) is 0 Å². The molecule has 2 bridgehead atoms. The van der Waals surface area contributed by atoms with Crippen molar-refractivity contribution in [2.45, 2.75) is 25.7 Å². The van der Waals surface area contributed by atoms with Crippen LogP contribution >= 0.6 is 0 Å². The molecule has 2 aliphatic carbocycles. The predicted molar refractivity (Wildman–Crippen MR) is 70.9 cm³/mol. The van der Waals surface area contributed by atoms with E-state index >= 15 is 0 Å². The minimum absolute atomic E-state index is 0.0274. The zero-order valence-electron chi connectivity index (χ0n) is 10.9. The van der Waals surface area contributed by atoms with E-state index in [1.165, 1.54) is 12.5 Å². The first-order valence-electron chi connectivity index (χ1n) is 6.88. The van der Waals surface area contributed by atoms with Crippen molar-refractivity contribution >= 4 is 17.6 Å². The van der Waals surface area contributed by atoms with Gasteiger partial charge in [-0.3, -0.25) is 4.79 Å². The summed E-state index contributed by atoms with van der Waals surface area (Å²) in [5.41, 5.74) is -0.0341. The van der Waals surface area contributed by atoms with E-state index in [1.54, 1.807) is 0 Å². The van der Waals surface area contributed by atoms with Gasteiger partial charge in [-0.1, -0.05) is 6.42 Å². The number of fused-ring (bicyclic) bond motifs is 2. The van der Waals surface area contributed by atoms with E-state index in [2.05, 4.69) is 5.32 Å². The molecule has 4 nitrogen and oxygen atoms in total. The maximum atomic E-state index is 13.1. The second kappa shape index (κ2) is 4.89. The van der Waals surface area contributed by atoms with Crippen LogP contribution in [0.1, 0.15) is 36.0 Å². The number of carboxylic acid groups (broad SMARTS) is 1. The molecule has 2 fully saturated rings. The smallest absolute Gasteiger partial charge is 0.337 e. The van der Waals surface area contributed by atoms with Gasteiger partial charge < -0.3 is 10.4 Å². The molecule has 1 aromatic carbocycles. The minimum Gasteiger partial charge on any atom is -0.478 e. The van der Waals surface area contributed by atoms with Gasteiger partial charge in [-0.25, -0.2) is 9.18 Å². The molecule has 20 heavy (non-hydrogen) atoms. The normalized spacial score (nSPS) is 27.6. The van der Waals surface area contributed by atoms with Crippen molar-refractivity contribution in [3.63, 3.8) is 0 Å². The number of hydrogen-bond acceptors (Lipinski definition) is 2. The molecule has 2 aliphatic rings. The maximum Gasteiger partial charge on any atom is 0.337 e. The zero-order chi connectivity index (χ0) is 14.3. The highest BCUT2D eigenvalue weighted by atomic mass is 19.1. The number of anilines is 1. The average molecular weight is 277 g/mol. The van der Waals surface area contributed by atoms with Gasteiger partial charge in [0.25, 0.3) is 0 Å². The number of rotatable bonds is 3. The van der Waals surface area contributed by atoms with E-state index in [9.17, 15) is 14.0 Å². The largest absolute Gasteiger partial charge is 0.478 e. The van der Waals surface area contributed by atoms with Gasteiger partial charge in [0.15, 0.2) is 0 Å². The molecule has 3 unspecified atom stereocenters. The first-order chi connectivity index (χ1) is 9.54. The molecule has 5 heteroatoms. The molecular formula is C15H16FNO3. The molecule has 3 rings (SSSR count). The van der Waals surface area contributed by atoms with Gasteiger partial charge >= 0.3 is 5.97 Å². The number of carbonyl (C=O) groups excluding carboxylic acids is 1. The van der Waals surface area contributed by atoms with E-state index in [1.807, 2.05) is 0 Å². The molecule has 0 heterocycles. The lowest BCUT2D eigenvalue weighted by Crippen LogP contribution is -2.27. The summed E-state index contributed by atoms with van der Waals surface area (Å²) in [6.07, 6.45) is 4.27. The summed E-state index contributed by atoms with van der Waals surface area (Å²) in [4.78, 5) is 23.4. The number of carboxylic acids is 1. The molecule has 0 aliphatic heterocycles. The van der Waals surface area contributed by atoms with Crippen molar-refractivity contribution < 1.29 is 19.1 Å². The van der Waals surface area contributed by atoms with Crippen molar-refractivity contribution in [1.82, 2.24) is 0 Å². The Morgan fingerprint density at radius 3 is 2.65 bits per heavy atom. The van der Waals surface area contributed by atoms with E-state index in [-0.39, 0.29) is 23.1 Å². The topological polar surface area (TPSA) is 66.4 Å². The Kier molecular flexibility index (Phi) is 3.20. The highest BCUT2D eigenvalue weighted by Gasteiger charge is 2.43. The van der Waals surface area contributed by atoms with E-state index in [0.29, 0.717) is 11.8 Å². The van der Waals surface area contributed by atoms with Crippen LogP contribution < -0.4 is 5.32 Å². The first-order valence-corrected chi connectivity index (χ1v) is 6.88. The average Bonchev–Trinajstić information content (AvgIpc) is 3.03. The third-order valence-electron chi connectivity index (χ3n) is 4.54. The first kappa shape index (κ1) is 13.1. The monoisotopic (exact) mass is 277 g/mol. The lowest BCUT2D eigenvalue weighted by atomic mass is 9.88. The number of aromatic carboxylic acids is 1. The molecule has 2 saturated carbocycles. The van der Waals surface area contributed by atoms with Crippen LogP contribution in [-0.4, -0.2) is 17.0 Å². The summed E-state index contributed by atoms with van der Waals surface area (Å²) >= 11 is 0. The number of nitrogens with one attached hydrogen (secondary N) is 1. The number of carbonyl (C=O) groups is 2. The van der Waals surface area contributed by atoms with Crippen LogP contribution in [0.15, 0.2) is 18.2 Å². The third-order valence-corrected chi connectivity index (χ3v) is 4.54. The standard InChI is InChI=1S/C15H16FNO3/c16-10-3-4-13(12(7-10)15(19)20)17-14(18)11-6-8-1-2-9(11)5-8/h3-4,7-9,11H,1-2,5-6H2,(H,17,18)(H,19,20). The van der Waals surface area contributed by atoms with Crippen molar-refractivity contribution in [3.8, 4) is 0 Å². The Morgan fingerprint density at radius 1 is 1.25 bits per heavy atom. The summed E-state index contributed by atoms with van der Waals surface area (Å²) < 4.78 is 13.1. The number of benzene rings is 1. The summed E-state index contributed by atoms with van der Waals surface area (Å²) in [6, 6.07) is 3.39. The summed E-state index contributed by atoms with van der Waals surface area (Å²) in [6.45, 7) is 0. The lowest BCUT2D eigenvalue weighted by molar-refractivity contribution is -0.121. The molecule has 3 atom stereocenters. The van der Waals surface area contributed by atoms with Crippen molar-refractivity contribution in [1.29, 1.82) is 0 Å². The fraction of sp³-hybridized carbons (Fsp3) is 0.467. The molecule has 2 N–H and O–H groups in total. The molecular weight excluding hydrogens is 261 g/mol. The van der Waals surface area contributed by atoms with E-state index < -0.39 is 11.8 Å². The van der Waals surface area contributed by atoms with Gasteiger partial charge in [0.1, 0.15) is 5.82 Å². The highest BCUT2D eigenvalue weighted by Crippen LogP contribution is 2.48. The molecule has 0 spiro atoms. The Morgan fingerprint density at radius 2 is 2.05 bits per heavy atom. The predicted octanol–water partition coefficient (Wildman–Crippen LogP) is 2.90. The summed E-state index contributed by atoms with van der Waals surface area (Å²) in [7, 11) is 0. The van der Waals surface area contributed by atoms with Gasteiger partial charge in [-0.15, -0.1) is 0 Å². The van der Waals surface area contributed by atoms with Crippen LogP contribution in [0.2, 0.25) is 0 Å². The fourth-order valence-electron chi connectivity index (χ4n) is 3.59. The lowest BCUT2D eigenvalue weighted by Gasteiger charge is -2.21. The number of hydrogen-bond donors (Lipinski definition) is 2. The molecule has 0 radical (unpaired) electrons. The third kappa shape index (κ3) is 2.28. The maximum absolute atomic E-state index is 13.1. The van der Waals surface area contributed by atoms with E-state index in [4.69, 9.17) is 5.11 Å². The second-order valence-corrected chi connectivity index (χ2v) is 5.77. The molecule has 0 aromatic heterocycles. The molecule has 1 aromatic rings. The van der Waals surface area contributed by atoms with Gasteiger partial charge in [0, 0.05) is 5.92 Å². The van der Waals surface area contributed by atoms with Crippen molar-refractivity contribution in [2.75, 3.05) is 5.32 Å².